The first-order valence-electron chi connectivity index (χ1n) is 9.75. The van der Waals surface area contributed by atoms with E-state index in [1.807, 2.05) is 13.8 Å². The second kappa shape index (κ2) is 9.68. The Morgan fingerprint density at radius 2 is 1.67 bits per heavy atom. The van der Waals surface area contributed by atoms with E-state index in [9.17, 15) is 4.79 Å². The van der Waals surface area contributed by atoms with Crippen molar-refractivity contribution in [2.75, 3.05) is 13.1 Å². The number of carbonyl (C=O) groups is 1. The number of hydrogen-bond donors (Lipinski definition) is 0. The molecule has 1 aliphatic heterocycles. The summed E-state index contributed by atoms with van der Waals surface area (Å²) in [5.74, 6) is 0.572. The van der Waals surface area contributed by atoms with Crippen LogP contribution in [0.3, 0.4) is 0 Å². The first-order chi connectivity index (χ1) is 13.0. The lowest BCUT2D eigenvalue weighted by molar-refractivity contribution is -0.0659. The predicted octanol–water partition coefficient (Wildman–Crippen LogP) is 3.96. The first kappa shape index (κ1) is 20.3. The van der Waals surface area contributed by atoms with E-state index in [4.69, 9.17) is 14.2 Å². The number of amides is 1. The monoisotopic (exact) mass is 441 g/mol. The third kappa shape index (κ3) is 6.31. The highest BCUT2D eigenvalue weighted by Crippen LogP contribution is 2.27. The minimum Gasteiger partial charge on any atom is -0.473 e. The highest BCUT2D eigenvalue weighted by atomic mass is 79.9. The van der Waals surface area contributed by atoms with Crippen molar-refractivity contribution in [1.82, 2.24) is 14.9 Å². The molecule has 2 aliphatic rings. The fourth-order valence-electron chi connectivity index (χ4n) is 3.54. The number of piperidine rings is 1. The molecule has 27 heavy (non-hydrogen) atoms. The second-order valence-corrected chi connectivity index (χ2v) is 8.26. The molecule has 1 aliphatic carbocycles. The molecule has 0 radical (unpaired) electrons. The van der Waals surface area contributed by atoms with Gasteiger partial charge in [-0.15, -0.1) is 0 Å². The topological polar surface area (TPSA) is 73.8 Å². The van der Waals surface area contributed by atoms with Gasteiger partial charge in [0.25, 0.3) is 0 Å². The van der Waals surface area contributed by atoms with E-state index < -0.39 is 0 Å². The van der Waals surface area contributed by atoms with Gasteiger partial charge in [0.1, 0.15) is 10.7 Å². The molecule has 1 aromatic heterocycles. The molecular formula is C19H28BrN3O4. The van der Waals surface area contributed by atoms with E-state index in [0.717, 1.165) is 38.5 Å². The zero-order valence-corrected chi connectivity index (χ0v) is 17.6. The Morgan fingerprint density at radius 1 is 1.04 bits per heavy atom. The summed E-state index contributed by atoms with van der Waals surface area (Å²) in [4.78, 5) is 22.1. The lowest BCUT2D eigenvalue weighted by Crippen LogP contribution is -2.43. The van der Waals surface area contributed by atoms with Gasteiger partial charge in [-0.2, -0.15) is 0 Å². The van der Waals surface area contributed by atoms with Gasteiger partial charge < -0.3 is 19.1 Å². The maximum absolute atomic E-state index is 11.9. The standard InChI is InChI=1S/C19H28BrN3O4/c1-13(2)25-19(24)23-9-7-16(8-10-23)26-14-3-5-15(6-4-14)27-18-12-21-17(20)11-22-18/h11-16H,3-10H2,1-2H3/t14-,15-. The van der Waals surface area contributed by atoms with Gasteiger partial charge in [0.2, 0.25) is 5.88 Å². The minimum atomic E-state index is -0.211. The Hall–Kier alpha value is -1.41. The van der Waals surface area contributed by atoms with Crippen molar-refractivity contribution in [2.24, 2.45) is 0 Å². The van der Waals surface area contributed by atoms with E-state index in [-0.39, 0.29) is 30.5 Å². The van der Waals surface area contributed by atoms with Crippen molar-refractivity contribution in [3.8, 4) is 5.88 Å². The first-order valence-corrected chi connectivity index (χ1v) is 10.5. The largest absolute Gasteiger partial charge is 0.473 e. The van der Waals surface area contributed by atoms with Crippen LogP contribution in [-0.2, 0) is 9.47 Å². The molecule has 7 nitrogen and oxygen atoms in total. The Balaban J connectivity index is 1.35. The maximum atomic E-state index is 11.9. The molecule has 150 valence electrons. The normalized spacial score (nSPS) is 24.1. The van der Waals surface area contributed by atoms with E-state index in [1.165, 1.54) is 0 Å². The molecule has 0 N–H and O–H groups in total. The summed E-state index contributed by atoms with van der Waals surface area (Å²) in [6.07, 6.45) is 9.33. The molecular weight excluding hydrogens is 414 g/mol. The summed E-state index contributed by atoms with van der Waals surface area (Å²) in [7, 11) is 0. The molecule has 0 bridgehead atoms. The van der Waals surface area contributed by atoms with Gasteiger partial charge in [-0.3, -0.25) is 0 Å². The lowest BCUT2D eigenvalue weighted by atomic mass is 9.94. The van der Waals surface area contributed by atoms with Crippen molar-refractivity contribution in [3.63, 3.8) is 0 Å². The fourth-order valence-corrected chi connectivity index (χ4v) is 3.75. The van der Waals surface area contributed by atoms with Gasteiger partial charge >= 0.3 is 6.09 Å². The second-order valence-electron chi connectivity index (χ2n) is 7.45. The van der Waals surface area contributed by atoms with Crippen LogP contribution in [0.25, 0.3) is 0 Å². The summed E-state index contributed by atoms with van der Waals surface area (Å²) in [5, 5.41) is 0. The molecule has 0 aromatic carbocycles. The van der Waals surface area contributed by atoms with Crippen LogP contribution in [0.4, 0.5) is 4.79 Å². The number of halogens is 1. The van der Waals surface area contributed by atoms with Crippen molar-refractivity contribution < 1.29 is 19.0 Å². The van der Waals surface area contributed by atoms with E-state index >= 15 is 0 Å². The minimum absolute atomic E-state index is 0.0766. The zero-order valence-electron chi connectivity index (χ0n) is 16.0. The van der Waals surface area contributed by atoms with Crippen LogP contribution >= 0.6 is 15.9 Å². The summed E-state index contributed by atoms with van der Waals surface area (Å²) in [5.41, 5.74) is 0. The molecule has 3 rings (SSSR count). The van der Waals surface area contributed by atoms with Crippen molar-refractivity contribution >= 4 is 22.0 Å². The molecule has 2 fully saturated rings. The van der Waals surface area contributed by atoms with Crippen molar-refractivity contribution in [1.29, 1.82) is 0 Å². The summed E-state index contributed by atoms with van der Waals surface area (Å²) >= 11 is 3.27. The number of rotatable bonds is 5. The molecule has 0 unspecified atom stereocenters. The molecule has 1 saturated carbocycles. The van der Waals surface area contributed by atoms with Gasteiger partial charge in [0.05, 0.1) is 30.7 Å². The zero-order chi connectivity index (χ0) is 19.2. The van der Waals surface area contributed by atoms with Gasteiger partial charge in [-0.05, 0) is 68.3 Å². The molecule has 1 saturated heterocycles. The molecule has 1 aromatic rings. The SMILES string of the molecule is CC(C)OC(=O)N1CCC(O[C@H]2CC[C@H](Oc3cnc(Br)cn3)CC2)CC1. The number of likely N-dealkylation sites (tertiary alicyclic amines) is 1. The summed E-state index contributed by atoms with van der Waals surface area (Å²) < 4.78 is 18.2. The van der Waals surface area contributed by atoms with E-state index in [2.05, 4.69) is 25.9 Å². The van der Waals surface area contributed by atoms with Gasteiger partial charge in [-0.1, -0.05) is 0 Å². The molecule has 0 atom stereocenters. The van der Waals surface area contributed by atoms with Crippen molar-refractivity contribution in [3.05, 3.63) is 17.0 Å². The number of aromatic nitrogens is 2. The molecule has 8 heteroatoms. The summed E-state index contributed by atoms with van der Waals surface area (Å²) in [6.45, 7) is 5.15. The van der Waals surface area contributed by atoms with Gasteiger partial charge in [-0.25, -0.2) is 14.8 Å². The molecule has 0 spiro atoms. The number of ether oxygens (including phenoxy) is 3. The van der Waals surface area contributed by atoms with Crippen molar-refractivity contribution in [2.45, 2.75) is 76.8 Å². The molecule has 1 amide bonds. The summed E-state index contributed by atoms with van der Waals surface area (Å²) in [6, 6.07) is 0. The average Bonchev–Trinajstić information content (AvgIpc) is 2.65. The predicted molar refractivity (Wildman–Crippen MR) is 104 cm³/mol. The Morgan fingerprint density at radius 3 is 2.26 bits per heavy atom. The van der Waals surface area contributed by atoms with E-state index in [1.54, 1.807) is 17.3 Å². The fraction of sp³-hybridized carbons (Fsp3) is 0.737. The smallest absolute Gasteiger partial charge is 0.410 e. The molecule has 2 heterocycles. The third-order valence-corrected chi connectivity index (χ3v) is 5.34. The highest BCUT2D eigenvalue weighted by molar-refractivity contribution is 9.10. The Kier molecular flexibility index (Phi) is 7.29. The Bertz CT molecular complexity index is 597. The number of nitrogens with zero attached hydrogens (tertiary/aromatic N) is 3. The van der Waals surface area contributed by atoms with Crippen LogP contribution in [0, 0.1) is 0 Å². The van der Waals surface area contributed by atoms with Crippen LogP contribution in [0.2, 0.25) is 0 Å². The van der Waals surface area contributed by atoms with Crippen LogP contribution in [0.15, 0.2) is 17.0 Å². The Labute approximate surface area is 168 Å². The highest BCUT2D eigenvalue weighted by Gasteiger charge is 2.29. The third-order valence-electron chi connectivity index (χ3n) is 4.93. The van der Waals surface area contributed by atoms with Gasteiger partial charge in [0.15, 0.2) is 0 Å². The van der Waals surface area contributed by atoms with Crippen LogP contribution < -0.4 is 4.74 Å². The number of carbonyl (C=O) groups excluding carboxylic acids is 1. The number of hydrogen-bond acceptors (Lipinski definition) is 6. The van der Waals surface area contributed by atoms with Gasteiger partial charge in [0, 0.05) is 13.1 Å². The van der Waals surface area contributed by atoms with Crippen LogP contribution in [0.5, 0.6) is 5.88 Å². The van der Waals surface area contributed by atoms with E-state index in [0.29, 0.717) is 23.6 Å². The quantitative estimate of drug-likeness (QED) is 0.688. The van der Waals surface area contributed by atoms with Crippen LogP contribution in [-0.4, -0.2) is 58.5 Å². The van der Waals surface area contributed by atoms with Crippen LogP contribution in [0.1, 0.15) is 52.4 Å². The maximum Gasteiger partial charge on any atom is 0.410 e. The lowest BCUT2D eigenvalue weighted by Gasteiger charge is -2.35. The average molecular weight is 442 g/mol.